The summed E-state index contributed by atoms with van der Waals surface area (Å²) in [4.78, 5) is 0. The third kappa shape index (κ3) is 6.47. The van der Waals surface area contributed by atoms with Crippen molar-refractivity contribution in [2.75, 3.05) is 6.54 Å². The van der Waals surface area contributed by atoms with Crippen LogP contribution in [-0.2, 0) is 6.54 Å². The molecule has 2 nitrogen and oxygen atoms in total. The van der Waals surface area contributed by atoms with Crippen molar-refractivity contribution < 1.29 is 9.50 Å². The molecule has 1 aromatic rings. The summed E-state index contributed by atoms with van der Waals surface area (Å²) in [6.07, 6.45) is 0.370. The molecule has 0 fully saturated rings. The Bertz CT molecular complexity index is 370. The van der Waals surface area contributed by atoms with E-state index >= 15 is 0 Å². The second-order valence-electron chi connectivity index (χ2n) is 5.83. The number of benzene rings is 1. The lowest BCUT2D eigenvalue weighted by atomic mass is 9.89. The van der Waals surface area contributed by atoms with Gasteiger partial charge in [-0.2, -0.15) is 0 Å². The topological polar surface area (TPSA) is 32.3 Å². The molecule has 4 heteroatoms. The van der Waals surface area contributed by atoms with Crippen molar-refractivity contribution in [1.29, 1.82) is 0 Å². The molecular formula is C14H21BrFNO. The summed E-state index contributed by atoms with van der Waals surface area (Å²) >= 11 is 3.26. The lowest BCUT2D eigenvalue weighted by Crippen LogP contribution is -2.29. The first-order valence-corrected chi connectivity index (χ1v) is 6.89. The van der Waals surface area contributed by atoms with Gasteiger partial charge in [0, 0.05) is 17.6 Å². The van der Waals surface area contributed by atoms with Gasteiger partial charge >= 0.3 is 0 Å². The van der Waals surface area contributed by atoms with Gasteiger partial charge in [-0.1, -0.05) is 36.7 Å². The normalized spacial score (nSPS) is 13.7. The molecule has 2 N–H and O–H groups in total. The highest BCUT2D eigenvalue weighted by atomic mass is 79.9. The minimum Gasteiger partial charge on any atom is -0.392 e. The van der Waals surface area contributed by atoms with Crippen molar-refractivity contribution in [3.8, 4) is 0 Å². The highest BCUT2D eigenvalue weighted by Crippen LogP contribution is 2.20. The summed E-state index contributed by atoms with van der Waals surface area (Å²) in [5, 5.41) is 13.0. The van der Waals surface area contributed by atoms with Crippen LogP contribution in [0.3, 0.4) is 0 Å². The maximum Gasteiger partial charge on any atom is 0.124 e. The number of hydrogen-bond donors (Lipinski definition) is 2. The number of nitrogens with one attached hydrogen (secondary N) is 1. The lowest BCUT2D eigenvalue weighted by molar-refractivity contribution is 0.119. The van der Waals surface area contributed by atoms with E-state index in [2.05, 4.69) is 42.0 Å². The van der Waals surface area contributed by atoms with E-state index < -0.39 is 0 Å². The first-order chi connectivity index (χ1) is 8.26. The quantitative estimate of drug-likeness (QED) is 0.871. The summed E-state index contributed by atoms with van der Waals surface area (Å²) in [6.45, 7) is 7.36. The van der Waals surface area contributed by atoms with E-state index in [1.165, 1.54) is 12.1 Å². The molecule has 1 aromatic carbocycles. The number of halogens is 2. The fourth-order valence-corrected chi connectivity index (χ4v) is 2.39. The molecule has 0 saturated heterocycles. The average molecular weight is 318 g/mol. The van der Waals surface area contributed by atoms with Crippen molar-refractivity contribution in [3.63, 3.8) is 0 Å². The van der Waals surface area contributed by atoms with Gasteiger partial charge in [0.25, 0.3) is 0 Å². The van der Waals surface area contributed by atoms with Gasteiger partial charge in [-0.25, -0.2) is 4.39 Å². The van der Waals surface area contributed by atoms with Gasteiger partial charge < -0.3 is 10.4 Å². The zero-order chi connectivity index (χ0) is 13.8. The van der Waals surface area contributed by atoms with Crippen molar-refractivity contribution in [2.45, 2.75) is 39.8 Å². The van der Waals surface area contributed by atoms with Gasteiger partial charge in [-0.3, -0.25) is 0 Å². The van der Waals surface area contributed by atoms with E-state index in [1.807, 2.05) is 6.07 Å². The van der Waals surface area contributed by atoms with Gasteiger partial charge in [-0.15, -0.1) is 0 Å². The predicted molar refractivity (Wildman–Crippen MR) is 75.9 cm³/mol. The highest BCUT2D eigenvalue weighted by Gasteiger charge is 2.16. The maximum absolute atomic E-state index is 13.1. The Morgan fingerprint density at radius 1 is 1.33 bits per heavy atom. The fraction of sp³-hybridized carbons (Fsp3) is 0.571. The number of rotatable bonds is 5. The summed E-state index contributed by atoms with van der Waals surface area (Å²) in [5.41, 5.74) is 0.980. The monoisotopic (exact) mass is 317 g/mol. The molecular weight excluding hydrogens is 297 g/mol. The van der Waals surface area contributed by atoms with E-state index in [-0.39, 0.29) is 17.3 Å². The number of aliphatic hydroxyl groups is 1. The number of aliphatic hydroxyl groups excluding tert-OH is 1. The molecule has 0 aromatic heterocycles. The zero-order valence-corrected chi connectivity index (χ0v) is 12.7. The van der Waals surface area contributed by atoms with Crippen molar-refractivity contribution in [3.05, 3.63) is 34.1 Å². The van der Waals surface area contributed by atoms with E-state index in [9.17, 15) is 9.50 Å². The summed E-state index contributed by atoms with van der Waals surface area (Å²) < 4.78 is 13.9. The molecule has 0 aliphatic carbocycles. The van der Waals surface area contributed by atoms with Gasteiger partial charge in [0.15, 0.2) is 0 Å². The van der Waals surface area contributed by atoms with Gasteiger partial charge in [0.1, 0.15) is 5.82 Å². The largest absolute Gasteiger partial charge is 0.392 e. The van der Waals surface area contributed by atoms with Crippen molar-refractivity contribution in [1.82, 2.24) is 5.32 Å². The Balaban J connectivity index is 2.37. The molecule has 0 heterocycles. The van der Waals surface area contributed by atoms with Crippen LogP contribution in [0.5, 0.6) is 0 Å². The lowest BCUT2D eigenvalue weighted by Gasteiger charge is -2.22. The molecule has 18 heavy (non-hydrogen) atoms. The molecule has 1 rings (SSSR count). The molecule has 1 unspecified atom stereocenters. The molecule has 0 bridgehead atoms. The molecule has 0 aliphatic rings. The summed E-state index contributed by atoms with van der Waals surface area (Å²) in [5.74, 6) is -0.253. The Hall–Kier alpha value is -0.450. The molecule has 102 valence electrons. The van der Waals surface area contributed by atoms with Gasteiger partial charge in [0.05, 0.1) is 6.10 Å². The Morgan fingerprint density at radius 2 is 2.00 bits per heavy atom. The van der Waals surface area contributed by atoms with E-state index in [4.69, 9.17) is 0 Å². The van der Waals surface area contributed by atoms with E-state index in [0.29, 0.717) is 13.1 Å². The molecule has 0 aliphatic heterocycles. The van der Waals surface area contributed by atoms with Crippen LogP contribution in [0.15, 0.2) is 22.7 Å². The van der Waals surface area contributed by atoms with Crippen LogP contribution < -0.4 is 5.32 Å². The van der Waals surface area contributed by atoms with Gasteiger partial charge in [-0.05, 0) is 35.6 Å². The van der Waals surface area contributed by atoms with Crippen LogP contribution in [0.25, 0.3) is 0 Å². The molecule has 0 saturated carbocycles. The first-order valence-electron chi connectivity index (χ1n) is 6.10. The predicted octanol–water partition coefficient (Wildman–Crippen LogP) is 3.47. The van der Waals surface area contributed by atoms with E-state index in [1.54, 1.807) is 0 Å². The third-order valence-corrected chi connectivity index (χ3v) is 2.94. The van der Waals surface area contributed by atoms with Crippen LogP contribution in [0.1, 0.15) is 32.8 Å². The second kappa shape index (κ2) is 6.64. The Kier molecular flexibility index (Phi) is 5.76. The highest BCUT2D eigenvalue weighted by molar-refractivity contribution is 9.10. The fourth-order valence-electron chi connectivity index (χ4n) is 1.88. The second-order valence-corrected chi connectivity index (χ2v) is 6.74. The van der Waals surface area contributed by atoms with Crippen LogP contribution >= 0.6 is 15.9 Å². The van der Waals surface area contributed by atoms with Gasteiger partial charge in [0.2, 0.25) is 0 Å². The summed E-state index contributed by atoms with van der Waals surface area (Å²) in [6, 6.07) is 4.79. The minimum absolute atomic E-state index is 0.114. The van der Waals surface area contributed by atoms with E-state index in [0.717, 1.165) is 16.5 Å². The first kappa shape index (κ1) is 15.6. The smallest absolute Gasteiger partial charge is 0.124 e. The van der Waals surface area contributed by atoms with Crippen LogP contribution in [0, 0.1) is 11.2 Å². The van der Waals surface area contributed by atoms with Crippen LogP contribution in [0.4, 0.5) is 4.39 Å². The average Bonchev–Trinajstić information content (AvgIpc) is 2.12. The summed E-state index contributed by atoms with van der Waals surface area (Å²) in [7, 11) is 0. The molecule has 0 amide bonds. The molecule has 0 radical (unpaired) electrons. The Labute approximate surface area is 117 Å². The number of hydrogen-bond acceptors (Lipinski definition) is 2. The minimum atomic E-state index is -0.373. The van der Waals surface area contributed by atoms with Crippen LogP contribution in [-0.4, -0.2) is 17.8 Å². The standard InChI is InChI=1S/C14H21BrFNO/c1-14(2,3)7-13(18)9-17-8-10-4-11(15)6-12(16)5-10/h4-6,13,17-18H,7-9H2,1-3H3. The van der Waals surface area contributed by atoms with Crippen LogP contribution in [0.2, 0.25) is 0 Å². The zero-order valence-electron chi connectivity index (χ0n) is 11.1. The Morgan fingerprint density at radius 3 is 2.56 bits per heavy atom. The molecule has 0 spiro atoms. The third-order valence-electron chi connectivity index (χ3n) is 2.48. The SMILES string of the molecule is CC(C)(C)CC(O)CNCc1cc(F)cc(Br)c1. The van der Waals surface area contributed by atoms with Crippen molar-refractivity contribution in [2.24, 2.45) is 5.41 Å². The maximum atomic E-state index is 13.1. The molecule has 1 atom stereocenters. The van der Waals surface area contributed by atoms with Crippen molar-refractivity contribution >= 4 is 15.9 Å².